The van der Waals surface area contributed by atoms with Gasteiger partial charge in [-0.3, -0.25) is 10.1 Å². The molecule has 0 bridgehead atoms. The van der Waals surface area contributed by atoms with Crippen LogP contribution >= 0.6 is 0 Å². The Morgan fingerprint density at radius 1 is 1.48 bits per heavy atom. The topological polar surface area (TPSA) is 59.3 Å². The fourth-order valence-corrected chi connectivity index (χ4v) is 4.29. The summed E-state index contributed by atoms with van der Waals surface area (Å²) in [5.74, 6) is 0.0766. The standard InChI is InChI=1S/C15H20FN3O2/c1-10(2)13-15(5-3-4-6-15)9-18(13)14-12(16)7-11(8-17-14)19(20)21/h7-8,10,13H,3-6,9H2,1-2H3. The first-order valence-electron chi connectivity index (χ1n) is 7.51. The average molecular weight is 293 g/mol. The zero-order valence-corrected chi connectivity index (χ0v) is 12.4. The van der Waals surface area contributed by atoms with E-state index in [1.807, 2.05) is 4.90 Å². The summed E-state index contributed by atoms with van der Waals surface area (Å²) in [6.45, 7) is 5.12. The Morgan fingerprint density at radius 3 is 2.67 bits per heavy atom. The minimum atomic E-state index is -0.617. The third-order valence-corrected chi connectivity index (χ3v) is 4.97. The zero-order valence-electron chi connectivity index (χ0n) is 12.4. The van der Waals surface area contributed by atoms with Gasteiger partial charge in [-0.2, -0.15) is 0 Å². The average Bonchev–Trinajstić information content (AvgIpc) is 2.86. The predicted octanol–water partition coefficient (Wildman–Crippen LogP) is 3.53. The largest absolute Gasteiger partial charge is 0.350 e. The summed E-state index contributed by atoms with van der Waals surface area (Å²) in [6.07, 6.45) is 6.03. The Morgan fingerprint density at radius 2 is 2.14 bits per heavy atom. The third-order valence-electron chi connectivity index (χ3n) is 4.97. The highest BCUT2D eigenvalue weighted by Gasteiger charge is 2.55. The van der Waals surface area contributed by atoms with E-state index in [-0.39, 0.29) is 17.5 Å². The Balaban J connectivity index is 1.89. The van der Waals surface area contributed by atoms with Crippen molar-refractivity contribution in [3.8, 4) is 0 Å². The molecule has 6 heteroatoms. The molecule has 114 valence electrons. The van der Waals surface area contributed by atoms with Crippen molar-refractivity contribution in [1.29, 1.82) is 0 Å². The molecule has 1 spiro atoms. The second-order valence-corrected chi connectivity index (χ2v) is 6.64. The van der Waals surface area contributed by atoms with Gasteiger partial charge in [-0.25, -0.2) is 9.37 Å². The van der Waals surface area contributed by atoms with Gasteiger partial charge in [-0.05, 0) is 18.8 Å². The van der Waals surface area contributed by atoms with Gasteiger partial charge in [0.15, 0.2) is 11.6 Å². The van der Waals surface area contributed by atoms with Crippen molar-refractivity contribution in [3.63, 3.8) is 0 Å². The fraction of sp³-hybridized carbons (Fsp3) is 0.667. The molecule has 1 aromatic heterocycles. The first kappa shape index (κ1) is 14.2. The third kappa shape index (κ3) is 2.17. The van der Waals surface area contributed by atoms with E-state index in [1.54, 1.807) is 0 Å². The SMILES string of the molecule is CC(C)C1N(c2ncc([N+](=O)[O-])cc2F)CC12CCCC2. The van der Waals surface area contributed by atoms with Crippen LogP contribution in [-0.4, -0.2) is 22.5 Å². The predicted molar refractivity (Wildman–Crippen MR) is 77.7 cm³/mol. The smallest absolute Gasteiger partial charge is 0.290 e. The summed E-state index contributed by atoms with van der Waals surface area (Å²) in [7, 11) is 0. The van der Waals surface area contributed by atoms with Crippen LogP contribution in [0.15, 0.2) is 12.3 Å². The van der Waals surface area contributed by atoms with Crippen LogP contribution in [0.2, 0.25) is 0 Å². The molecule has 2 aliphatic rings. The van der Waals surface area contributed by atoms with Crippen LogP contribution in [0.25, 0.3) is 0 Å². The molecule has 1 aromatic rings. The van der Waals surface area contributed by atoms with Gasteiger partial charge in [0.25, 0.3) is 5.69 Å². The quantitative estimate of drug-likeness (QED) is 0.632. The van der Waals surface area contributed by atoms with Gasteiger partial charge in [0.2, 0.25) is 0 Å². The fourth-order valence-electron chi connectivity index (χ4n) is 4.29. The van der Waals surface area contributed by atoms with E-state index in [1.165, 1.54) is 25.7 Å². The van der Waals surface area contributed by atoms with Crippen molar-refractivity contribution in [1.82, 2.24) is 4.98 Å². The second-order valence-electron chi connectivity index (χ2n) is 6.64. The number of nitrogens with zero attached hydrogens (tertiary/aromatic N) is 3. The minimum Gasteiger partial charge on any atom is -0.350 e. The van der Waals surface area contributed by atoms with Gasteiger partial charge < -0.3 is 4.90 Å². The lowest BCUT2D eigenvalue weighted by Crippen LogP contribution is -2.66. The highest BCUT2D eigenvalue weighted by atomic mass is 19.1. The van der Waals surface area contributed by atoms with Gasteiger partial charge >= 0.3 is 0 Å². The Bertz CT molecular complexity index is 570. The molecule has 3 rings (SSSR count). The molecule has 0 radical (unpaired) electrons. The molecule has 0 amide bonds. The Kier molecular flexibility index (Phi) is 3.34. The molecule has 0 aromatic carbocycles. The van der Waals surface area contributed by atoms with Crippen LogP contribution in [0.1, 0.15) is 39.5 Å². The van der Waals surface area contributed by atoms with E-state index in [4.69, 9.17) is 0 Å². The lowest BCUT2D eigenvalue weighted by Gasteiger charge is -2.59. The van der Waals surface area contributed by atoms with Gasteiger partial charge in [0.05, 0.1) is 11.0 Å². The highest BCUT2D eigenvalue weighted by Crippen LogP contribution is 2.54. The normalized spacial score (nSPS) is 23.6. The zero-order chi connectivity index (χ0) is 15.2. The monoisotopic (exact) mass is 293 g/mol. The van der Waals surface area contributed by atoms with E-state index in [2.05, 4.69) is 18.8 Å². The van der Waals surface area contributed by atoms with Crippen molar-refractivity contribution in [3.05, 3.63) is 28.2 Å². The van der Waals surface area contributed by atoms with Crippen LogP contribution in [0.3, 0.4) is 0 Å². The number of rotatable bonds is 3. The molecule has 1 aliphatic carbocycles. The molecule has 1 unspecified atom stereocenters. The van der Waals surface area contributed by atoms with E-state index >= 15 is 0 Å². The van der Waals surface area contributed by atoms with Gasteiger partial charge in [-0.15, -0.1) is 0 Å². The lowest BCUT2D eigenvalue weighted by molar-refractivity contribution is -0.385. The number of aromatic nitrogens is 1. The number of nitro groups is 1. The second kappa shape index (κ2) is 4.93. The molecule has 1 aliphatic heterocycles. The van der Waals surface area contributed by atoms with E-state index in [9.17, 15) is 14.5 Å². The number of hydrogen-bond acceptors (Lipinski definition) is 4. The maximum Gasteiger partial charge on any atom is 0.290 e. The van der Waals surface area contributed by atoms with Crippen molar-refractivity contribution < 1.29 is 9.31 Å². The summed E-state index contributed by atoms with van der Waals surface area (Å²) >= 11 is 0. The van der Waals surface area contributed by atoms with Crippen LogP contribution in [0, 0.1) is 27.3 Å². The van der Waals surface area contributed by atoms with Gasteiger partial charge in [-0.1, -0.05) is 26.7 Å². The highest BCUT2D eigenvalue weighted by molar-refractivity contribution is 5.50. The Labute approximate surface area is 123 Å². The van der Waals surface area contributed by atoms with Crippen LogP contribution < -0.4 is 4.90 Å². The van der Waals surface area contributed by atoms with E-state index < -0.39 is 10.7 Å². The van der Waals surface area contributed by atoms with Crippen molar-refractivity contribution >= 4 is 11.5 Å². The molecule has 5 nitrogen and oxygen atoms in total. The first-order chi connectivity index (χ1) is 9.94. The maximum atomic E-state index is 14.2. The van der Waals surface area contributed by atoms with Crippen LogP contribution in [0.4, 0.5) is 15.9 Å². The number of halogens is 1. The maximum absolute atomic E-state index is 14.2. The van der Waals surface area contributed by atoms with Crippen LogP contribution in [-0.2, 0) is 0 Å². The summed E-state index contributed by atoms with van der Waals surface area (Å²) < 4.78 is 14.2. The summed E-state index contributed by atoms with van der Waals surface area (Å²) in [6, 6.07) is 1.25. The molecule has 1 saturated heterocycles. The van der Waals surface area contributed by atoms with Crippen LogP contribution in [0.5, 0.6) is 0 Å². The molecular formula is C15H20FN3O2. The molecule has 0 N–H and O–H groups in total. The van der Waals surface area contributed by atoms with Crippen molar-refractivity contribution in [2.24, 2.45) is 11.3 Å². The summed E-state index contributed by atoms with van der Waals surface area (Å²) in [5.41, 5.74) is -0.00204. The number of pyridine rings is 1. The molecule has 1 saturated carbocycles. The van der Waals surface area contributed by atoms with Gasteiger partial charge in [0.1, 0.15) is 6.20 Å². The summed E-state index contributed by atoms with van der Waals surface area (Å²) in [4.78, 5) is 16.1. The van der Waals surface area contributed by atoms with E-state index in [0.717, 1.165) is 18.8 Å². The molecule has 21 heavy (non-hydrogen) atoms. The number of hydrogen-bond donors (Lipinski definition) is 0. The summed E-state index contributed by atoms with van der Waals surface area (Å²) in [5, 5.41) is 10.7. The van der Waals surface area contributed by atoms with E-state index in [0.29, 0.717) is 11.3 Å². The molecule has 1 atom stereocenters. The Hall–Kier alpha value is -1.72. The minimum absolute atomic E-state index is 0.261. The van der Waals surface area contributed by atoms with Crippen molar-refractivity contribution in [2.75, 3.05) is 11.4 Å². The molecular weight excluding hydrogens is 273 g/mol. The lowest BCUT2D eigenvalue weighted by atomic mass is 9.66. The molecule has 2 heterocycles. The molecule has 2 fully saturated rings. The van der Waals surface area contributed by atoms with Crippen molar-refractivity contribution in [2.45, 2.75) is 45.6 Å². The first-order valence-corrected chi connectivity index (χ1v) is 7.51. The number of anilines is 1. The van der Waals surface area contributed by atoms with Gasteiger partial charge in [0, 0.05) is 18.0 Å².